The molecule has 158 valence electrons. The lowest BCUT2D eigenvalue weighted by atomic mass is 10.1. The quantitative estimate of drug-likeness (QED) is 0.468. The summed E-state index contributed by atoms with van der Waals surface area (Å²) >= 11 is 5.86. The molecule has 2 aromatic carbocycles. The number of allylic oxidation sites excluding steroid dienone is 1. The van der Waals surface area contributed by atoms with Crippen molar-refractivity contribution < 1.29 is 19.3 Å². The average Bonchev–Trinajstić information content (AvgIpc) is 3.19. The number of aliphatic hydroxyl groups excluding tert-OH is 1. The Morgan fingerprint density at radius 2 is 1.97 bits per heavy atom. The summed E-state index contributed by atoms with van der Waals surface area (Å²) in [5, 5.41) is 19.0. The number of benzene rings is 2. The Morgan fingerprint density at radius 1 is 1.17 bits per heavy atom. The van der Waals surface area contributed by atoms with E-state index in [1.54, 1.807) is 42.3 Å². The number of nitrogens with zero attached hydrogens (tertiary/aromatic N) is 3. The molecule has 1 heterocycles. The van der Waals surface area contributed by atoms with E-state index in [0.717, 1.165) is 12.0 Å². The highest BCUT2D eigenvalue weighted by Crippen LogP contribution is 2.28. The Hall–Kier alpha value is -3.03. The molecule has 3 aromatic rings. The molecule has 0 radical (unpaired) electrons. The zero-order valence-corrected chi connectivity index (χ0v) is 17.5. The third-order valence-corrected chi connectivity index (χ3v) is 4.48. The third-order valence-electron chi connectivity index (χ3n) is 4.22. The lowest BCUT2D eigenvalue weighted by Gasteiger charge is -2.15. The summed E-state index contributed by atoms with van der Waals surface area (Å²) in [7, 11) is 1.58. The summed E-state index contributed by atoms with van der Waals surface area (Å²) in [6.45, 7) is 4.33. The minimum absolute atomic E-state index is 0.0909. The topological polar surface area (TPSA) is 78.6 Å². The fourth-order valence-electron chi connectivity index (χ4n) is 2.76. The summed E-state index contributed by atoms with van der Waals surface area (Å²) in [6, 6.07) is 12.7. The van der Waals surface area contributed by atoms with Crippen LogP contribution in [-0.4, -0.2) is 39.9 Å². The number of hydrogen-bond acceptors (Lipinski definition) is 6. The van der Waals surface area contributed by atoms with Crippen molar-refractivity contribution in [1.82, 2.24) is 15.0 Å². The Balaban J connectivity index is 1.49. The van der Waals surface area contributed by atoms with E-state index in [2.05, 4.69) is 16.9 Å². The van der Waals surface area contributed by atoms with Crippen molar-refractivity contribution in [2.75, 3.05) is 13.7 Å². The molecule has 0 aliphatic rings. The van der Waals surface area contributed by atoms with Gasteiger partial charge in [0.1, 0.15) is 30.8 Å². The highest BCUT2D eigenvalue weighted by atomic mass is 35.5. The SMILES string of the molecule is C=CCc1ccc(OCC(O)Cn2cc(COc3ccc(Cl)cc3)nn2)c(OC)c1. The maximum Gasteiger partial charge on any atom is 0.161 e. The normalized spacial score (nSPS) is 11.7. The van der Waals surface area contributed by atoms with Crippen LogP contribution in [0.2, 0.25) is 5.02 Å². The third kappa shape index (κ3) is 6.23. The molecule has 0 saturated heterocycles. The summed E-state index contributed by atoms with van der Waals surface area (Å²) in [5.41, 5.74) is 1.73. The summed E-state index contributed by atoms with van der Waals surface area (Å²) in [6.07, 6.45) is 3.53. The second kappa shape index (κ2) is 10.7. The number of ether oxygens (including phenoxy) is 3. The molecule has 1 N–H and O–H groups in total. The predicted molar refractivity (Wildman–Crippen MR) is 114 cm³/mol. The van der Waals surface area contributed by atoms with Crippen molar-refractivity contribution >= 4 is 11.6 Å². The van der Waals surface area contributed by atoms with E-state index in [1.165, 1.54) is 0 Å². The van der Waals surface area contributed by atoms with Crippen LogP contribution in [0.4, 0.5) is 0 Å². The zero-order valence-electron chi connectivity index (χ0n) is 16.7. The second-order valence-corrected chi connectivity index (χ2v) is 7.05. The zero-order chi connectivity index (χ0) is 21.3. The van der Waals surface area contributed by atoms with Crippen LogP contribution in [0.15, 0.2) is 61.3 Å². The average molecular weight is 430 g/mol. The fraction of sp³-hybridized carbons (Fsp3) is 0.273. The van der Waals surface area contributed by atoms with Gasteiger partial charge in [-0.2, -0.15) is 0 Å². The van der Waals surface area contributed by atoms with E-state index in [4.69, 9.17) is 25.8 Å². The minimum atomic E-state index is -0.769. The minimum Gasteiger partial charge on any atom is -0.493 e. The smallest absolute Gasteiger partial charge is 0.161 e. The molecule has 0 aliphatic carbocycles. The Bertz CT molecular complexity index is 959. The van der Waals surface area contributed by atoms with E-state index in [0.29, 0.717) is 28.0 Å². The van der Waals surface area contributed by atoms with Crippen molar-refractivity contribution in [1.29, 1.82) is 0 Å². The molecule has 0 fully saturated rings. The predicted octanol–water partition coefficient (Wildman–Crippen LogP) is 3.69. The van der Waals surface area contributed by atoms with Crippen LogP contribution in [0.25, 0.3) is 0 Å². The van der Waals surface area contributed by atoms with Gasteiger partial charge < -0.3 is 19.3 Å². The first-order valence-corrected chi connectivity index (χ1v) is 9.81. The first-order chi connectivity index (χ1) is 14.6. The van der Waals surface area contributed by atoms with Gasteiger partial charge in [0.15, 0.2) is 11.5 Å². The fourth-order valence-corrected chi connectivity index (χ4v) is 2.89. The molecular formula is C22H24ClN3O4. The van der Waals surface area contributed by atoms with Gasteiger partial charge in [0.25, 0.3) is 0 Å². The maximum absolute atomic E-state index is 10.3. The molecule has 3 rings (SSSR count). The number of hydrogen-bond donors (Lipinski definition) is 1. The van der Waals surface area contributed by atoms with Crippen molar-refractivity contribution in [3.63, 3.8) is 0 Å². The summed E-state index contributed by atoms with van der Waals surface area (Å²) in [5.74, 6) is 1.87. The monoisotopic (exact) mass is 429 g/mol. The van der Waals surface area contributed by atoms with Crippen molar-refractivity contribution in [3.8, 4) is 17.2 Å². The Kier molecular flexibility index (Phi) is 7.70. The molecule has 0 spiro atoms. The first kappa shape index (κ1) is 21.7. The van der Waals surface area contributed by atoms with Gasteiger partial charge in [-0.15, -0.1) is 11.7 Å². The van der Waals surface area contributed by atoms with Crippen LogP contribution < -0.4 is 14.2 Å². The molecule has 1 unspecified atom stereocenters. The largest absolute Gasteiger partial charge is 0.493 e. The van der Waals surface area contributed by atoms with Crippen LogP contribution in [-0.2, 0) is 19.6 Å². The molecule has 30 heavy (non-hydrogen) atoms. The lowest BCUT2D eigenvalue weighted by molar-refractivity contribution is 0.0874. The molecule has 1 aromatic heterocycles. The second-order valence-electron chi connectivity index (χ2n) is 6.62. The van der Waals surface area contributed by atoms with Gasteiger partial charge in [0, 0.05) is 5.02 Å². The van der Waals surface area contributed by atoms with Crippen molar-refractivity contribution in [2.24, 2.45) is 0 Å². The van der Waals surface area contributed by atoms with Crippen molar-refractivity contribution in [2.45, 2.75) is 25.7 Å². The molecule has 0 saturated carbocycles. The number of aliphatic hydroxyl groups is 1. The molecule has 8 heteroatoms. The van der Waals surface area contributed by atoms with Gasteiger partial charge >= 0.3 is 0 Å². The standard InChI is InChI=1S/C22H24ClN3O4/c1-3-4-16-5-10-21(22(11-16)28-2)30-15-19(27)13-26-12-18(24-25-26)14-29-20-8-6-17(23)7-9-20/h3,5-12,19,27H,1,4,13-15H2,2H3. The highest BCUT2D eigenvalue weighted by Gasteiger charge is 2.12. The van der Waals surface area contributed by atoms with E-state index in [-0.39, 0.29) is 19.8 Å². The lowest BCUT2D eigenvalue weighted by Crippen LogP contribution is -2.24. The van der Waals surface area contributed by atoms with E-state index < -0.39 is 6.10 Å². The van der Waals surface area contributed by atoms with Gasteiger partial charge in [-0.25, -0.2) is 4.68 Å². The molecule has 7 nitrogen and oxygen atoms in total. The van der Waals surface area contributed by atoms with Crippen LogP contribution in [0.5, 0.6) is 17.2 Å². The molecule has 1 atom stereocenters. The number of methoxy groups -OCH3 is 1. The van der Waals surface area contributed by atoms with E-state index in [1.807, 2.05) is 24.3 Å². The van der Waals surface area contributed by atoms with Crippen LogP contribution in [0, 0.1) is 0 Å². The molecular weight excluding hydrogens is 406 g/mol. The van der Waals surface area contributed by atoms with Crippen LogP contribution in [0.3, 0.4) is 0 Å². The summed E-state index contributed by atoms with van der Waals surface area (Å²) in [4.78, 5) is 0. The molecule has 0 amide bonds. The highest BCUT2D eigenvalue weighted by molar-refractivity contribution is 6.30. The number of rotatable bonds is 11. The summed E-state index contributed by atoms with van der Waals surface area (Å²) < 4.78 is 18.3. The number of aromatic nitrogens is 3. The van der Waals surface area contributed by atoms with Crippen LogP contribution in [0.1, 0.15) is 11.3 Å². The van der Waals surface area contributed by atoms with Crippen molar-refractivity contribution in [3.05, 3.63) is 77.6 Å². The van der Waals surface area contributed by atoms with Gasteiger partial charge in [-0.3, -0.25) is 0 Å². The number of halogens is 1. The first-order valence-electron chi connectivity index (χ1n) is 9.43. The van der Waals surface area contributed by atoms with E-state index >= 15 is 0 Å². The molecule has 0 bridgehead atoms. The Labute approximate surface area is 180 Å². The maximum atomic E-state index is 10.3. The van der Waals surface area contributed by atoms with Gasteiger partial charge in [-0.1, -0.05) is 29.0 Å². The molecule has 0 aliphatic heterocycles. The van der Waals surface area contributed by atoms with Gasteiger partial charge in [0.05, 0.1) is 19.9 Å². The Morgan fingerprint density at radius 3 is 2.70 bits per heavy atom. The van der Waals surface area contributed by atoms with Gasteiger partial charge in [-0.05, 0) is 48.4 Å². The van der Waals surface area contributed by atoms with Gasteiger partial charge in [0.2, 0.25) is 0 Å². The van der Waals surface area contributed by atoms with E-state index in [9.17, 15) is 5.11 Å². The van der Waals surface area contributed by atoms with Crippen LogP contribution >= 0.6 is 11.6 Å².